The Hall–Kier alpha value is -0.870. The third-order valence-corrected chi connectivity index (χ3v) is 2.04. The van der Waals surface area contributed by atoms with Crippen molar-refractivity contribution >= 4 is 0 Å². The number of hydrogen-bond donors (Lipinski definition) is 1. The van der Waals surface area contributed by atoms with Gasteiger partial charge in [-0.1, -0.05) is 5.16 Å². The molecule has 80 valence electrons. The lowest BCUT2D eigenvalue weighted by Gasteiger charge is -2.15. The maximum Gasteiger partial charge on any atom is 0.133 e. The van der Waals surface area contributed by atoms with Crippen LogP contribution in [0.15, 0.2) is 10.6 Å². The van der Waals surface area contributed by atoms with Crippen LogP contribution in [-0.4, -0.2) is 34.9 Å². The molecule has 1 N–H and O–H groups in total. The highest BCUT2D eigenvalue weighted by Crippen LogP contribution is 2.05. The number of aliphatic hydroxyl groups is 1. The van der Waals surface area contributed by atoms with Crippen molar-refractivity contribution in [1.29, 1.82) is 0 Å². The lowest BCUT2D eigenvalue weighted by atomic mass is 10.2. The van der Waals surface area contributed by atoms with Gasteiger partial charge in [-0.05, 0) is 27.3 Å². The van der Waals surface area contributed by atoms with Crippen molar-refractivity contribution in [3.63, 3.8) is 0 Å². The first-order valence-electron chi connectivity index (χ1n) is 4.86. The van der Waals surface area contributed by atoms with Gasteiger partial charge < -0.3 is 14.5 Å². The molecule has 0 radical (unpaired) electrons. The normalized spacial score (nSPS) is 13.5. The van der Waals surface area contributed by atoms with Crippen molar-refractivity contribution in [2.24, 2.45) is 0 Å². The van der Waals surface area contributed by atoms with Crippen LogP contribution >= 0.6 is 0 Å². The van der Waals surface area contributed by atoms with E-state index in [4.69, 9.17) is 9.63 Å². The van der Waals surface area contributed by atoms with E-state index in [1.807, 2.05) is 20.0 Å². The molecule has 1 aromatic heterocycles. The first-order chi connectivity index (χ1) is 6.58. The van der Waals surface area contributed by atoms with Crippen molar-refractivity contribution in [3.05, 3.63) is 17.5 Å². The maximum absolute atomic E-state index is 9.11. The van der Waals surface area contributed by atoms with Crippen LogP contribution in [0.3, 0.4) is 0 Å². The molecule has 0 aliphatic heterocycles. The average Bonchev–Trinajstić information content (AvgIpc) is 2.48. The minimum Gasteiger partial charge on any atom is -0.393 e. The Morgan fingerprint density at radius 2 is 2.36 bits per heavy atom. The predicted octanol–water partition coefficient (Wildman–Crippen LogP) is 1.19. The minimum atomic E-state index is -0.239. The van der Waals surface area contributed by atoms with Crippen molar-refractivity contribution in [3.8, 4) is 0 Å². The summed E-state index contributed by atoms with van der Waals surface area (Å²) in [4.78, 5) is 2.12. The molecule has 1 rings (SSSR count). The van der Waals surface area contributed by atoms with Gasteiger partial charge in [-0.15, -0.1) is 0 Å². The van der Waals surface area contributed by atoms with Crippen LogP contribution in [0.5, 0.6) is 0 Å². The summed E-state index contributed by atoms with van der Waals surface area (Å²) in [5, 5.41) is 13.0. The summed E-state index contributed by atoms with van der Waals surface area (Å²) in [5.74, 6) is 0.837. The summed E-state index contributed by atoms with van der Waals surface area (Å²) in [6.07, 6.45) is 0.546. The Morgan fingerprint density at radius 3 is 2.86 bits per heavy atom. The van der Waals surface area contributed by atoms with Crippen LogP contribution in [0, 0.1) is 6.92 Å². The van der Waals surface area contributed by atoms with E-state index in [0.717, 1.165) is 31.0 Å². The molecule has 4 nitrogen and oxygen atoms in total. The molecule has 1 unspecified atom stereocenters. The molecule has 0 aromatic carbocycles. The number of aliphatic hydroxyl groups excluding tert-OH is 1. The lowest BCUT2D eigenvalue weighted by molar-refractivity contribution is 0.162. The van der Waals surface area contributed by atoms with Crippen LogP contribution in [-0.2, 0) is 6.54 Å². The van der Waals surface area contributed by atoms with Gasteiger partial charge in [0.25, 0.3) is 0 Å². The van der Waals surface area contributed by atoms with E-state index in [2.05, 4.69) is 10.1 Å². The van der Waals surface area contributed by atoms with E-state index < -0.39 is 0 Å². The van der Waals surface area contributed by atoms with Crippen molar-refractivity contribution in [2.75, 3.05) is 13.6 Å². The van der Waals surface area contributed by atoms with Gasteiger partial charge in [0.15, 0.2) is 0 Å². The summed E-state index contributed by atoms with van der Waals surface area (Å²) < 4.78 is 4.96. The largest absolute Gasteiger partial charge is 0.393 e. The zero-order valence-corrected chi connectivity index (χ0v) is 9.03. The summed E-state index contributed by atoms with van der Waals surface area (Å²) in [5.41, 5.74) is 0.940. The molecule has 0 aliphatic rings. The third-order valence-electron chi connectivity index (χ3n) is 2.04. The van der Waals surface area contributed by atoms with Crippen molar-refractivity contribution in [1.82, 2.24) is 10.1 Å². The van der Waals surface area contributed by atoms with Gasteiger partial charge >= 0.3 is 0 Å². The highest BCUT2D eigenvalue weighted by molar-refractivity contribution is 5.02. The maximum atomic E-state index is 9.11. The highest BCUT2D eigenvalue weighted by atomic mass is 16.5. The van der Waals surface area contributed by atoms with Gasteiger partial charge in [0.1, 0.15) is 5.76 Å². The lowest BCUT2D eigenvalue weighted by Crippen LogP contribution is -2.22. The molecule has 0 saturated heterocycles. The van der Waals surface area contributed by atoms with E-state index >= 15 is 0 Å². The van der Waals surface area contributed by atoms with Gasteiger partial charge in [0.05, 0.1) is 11.8 Å². The van der Waals surface area contributed by atoms with Gasteiger partial charge in [-0.25, -0.2) is 0 Å². The topological polar surface area (TPSA) is 49.5 Å². The van der Waals surface area contributed by atoms with Crippen LogP contribution < -0.4 is 0 Å². The van der Waals surface area contributed by atoms with Crippen LogP contribution in [0.1, 0.15) is 24.8 Å². The average molecular weight is 198 g/mol. The van der Waals surface area contributed by atoms with Crippen molar-refractivity contribution in [2.45, 2.75) is 32.9 Å². The second-order valence-electron chi connectivity index (χ2n) is 3.80. The Bertz CT molecular complexity index is 271. The van der Waals surface area contributed by atoms with Gasteiger partial charge in [-0.2, -0.15) is 0 Å². The Labute approximate surface area is 84.5 Å². The van der Waals surface area contributed by atoms with Crippen LogP contribution in [0.2, 0.25) is 0 Å². The highest BCUT2D eigenvalue weighted by Gasteiger charge is 2.05. The van der Waals surface area contributed by atoms with E-state index in [-0.39, 0.29) is 6.10 Å². The molecule has 1 aromatic rings. The van der Waals surface area contributed by atoms with Gasteiger partial charge in [-0.3, -0.25) is 0 Å². The third kappa shape index (κ3) is 3.89. The molecule has 0 fully saturated rings. The fourth-order valence-corrected chi connectivity index (χ4v) is 1.26. The summed E-state index contributed by atoms with van der Waals surface area (Å²) in [6.45, 7) is 5.31. The molecule has 0 bridgehead atoms. The number of rotatable bonds is 5. The first-order valence-corrected chi connectivity index (χ1v) is 4.86. The first kappa shape index (κ1) is 11.2. The molecule has 0 amide bonds. The summed E-state index contributed by atoms with van der Waals surface area (Å²) >= 11 is 0. The second kappa shape index (κ2) is 5.12. The smallest absolute Gasteiger partial charge is 0.133 e. The fraction of sp³-hybridized carbons (Fsp3) is 0.700. The van der Waals surface area contributed by atoms with Gasteiger partial charge in [0, 0.05) is 19.2 Å². The minimum absolute atomic E-state index is 0.239. The molecular weight excluding hydrogens is 180 g/mol. The quantitative estimate of drug-likeness (QED) is 0.772. The van der Waals surface area contributed by atoms with Crippen molar-refractivity contribution < 1.29 is 9.63 Å². The summed E-state index contributed by atoms with van der Waals surface area (Å²) in [7, 11) is 2.01. The second-order valence-corrected chi connectivity index (χ2v) is 3.80. The fourth-order valence-electron chi connectivity index (χ4n) is 1.26. The molecule has 0 saturated carbocycles. The number of aromatic nitrogens is 1. The zero-order chi connectivity index (χ0) is 10.6. The SMILES string of the molecule is Cc1cc(CN(C)CCC(C)O)no1. The Balaban J connectivity index is 2.30. The zero-order valence-electron chi connectivity index (χ0n) is 9.03. The Kier molecular flexibility index (Phi) is 4.10. The molecule has 14 heavy (non-hydrogen) atoms. The standard InChI is InChI=1S/C10H18N2O2/c1-8(13)4-5-12(3)7-10-6-9(2)14-11-10/h6,8,13H,4-5,7H2,1-3H3. The van der Waals surface area contributed by atoms with E-state index in [1.165, 1.54) is 0 Å². The van der Waals surface area contributed by atoms with Gasteiger partial charge in [0.2, 0.25) is 0 Å². The predicted molar refractivity (Wildman–Crippen MR) is 53.9 cm³/mol. The van der Waals surface area contributed by atoms with Crippen LogP contribution in [0.25, 0.3) is 0 Å². The molecule has 0 spiro atoms. The number of nitrogens with zero attached hydrogens (tertiary/aromatic N) is 2. The van der Waals surface area contributed by atoms with Crippen LogP contribution in [0.4, 0.5) is 0 Å². The summed E-state index contributed by atoms with van der Waals surface area (Å²) in [6, 6.07) is 1.93. The van der Waals surface area contributed by atoms with E-state index in [1.54, 1.807) is 6.92 Å². The van der Waals surface area contributed by atoms with E-state index in [0.29, 0.717) is 0 Å². The molecule has 4 heteroatoms. The molecule has 0 aliphatic carbocycles. The molecule has 1 heterocycles. The van der Waals surface area contributed by atoms with E-state index in [9.17, 15) is 0 Å². The number of aryl methyl sites for hydroxylation is 1. The Morgan fingerprint density at radius 1 is 1.64 bits per heavy atom. The molecular formula is C10H18N2O2. The molecule has 1 atom stereocenters. The number of hydrogen-bond acceptors (Lipinski definition) is 4. The monoisotopic (exact) mass is 198 g/mol.